The van der Waals surface area contributed by atoms with Crippen molar-refractivity contribution < 1.29 is 0 Å². The van der Waals surface area contributed by atoms with E-state index in [-0.39, 0.29) is 0 Å². The number of halogens is 1. The smallest absolute Gasteiger partial charge is 0.171 e. The highest BCUT2D eigenvalue weighted by Crippen LogP contribution is 2.23. The number of aryl methyl sites for hydroxylation is 1. The van der Waals surface area contributed by atoms with Gasteiger partial charge in [-0.2, -0.15) is 0 Å². The first-order valence-corrected chi connectivity index (χ1v) is 10.4. The zero-order chi connectivity index (χ0) is 18.5. The normalized spacial score (nSPS) is 17.0. The van der Waals surface area contributed by atoms with Crippen LogP contribution in [0.3, 0.4) is 0 Å². The number of nitrogens with one attached hydrogen (secondary N) is 2. The van der Waals surface area contributed by atoms with Crippen LogP contribution < -0.4 is 15.5 Å². The summed E-state index contributed by atoms with van der Waals surface area (Å²) in [6, 6.07) is 14.9. The fraction of sp³-hybridized carbons (Fsp3) is 0.381. The molecule has 0 radical (unpaired) electrons. The molecule has 1 heterocycles. The van der Waals surface area contributed by atoms with Crippen molar-refractivity contribution in [3.63, 3.8) is 0 Å². The first kappa shape index (κ1) is 19.2. The first-order chi connectivity index (χ1) is 12.5. The van der Waals surface area contributed by atoms with Gasteiger partial charge in [0.1, 0.15) is 0 Å². The summed E-state index contributed by atoms with van der Waals surface area (Å²) in [5, 5.41) is 7.16. The molecule has 1 aliphatic rings. The maximum atomic E-state index is 5.41. The van der Waals surface area contributed by atoms with Crippen LogP contribution in [0.1, 0.15) is 30.9 Å². The van der Waals surface area contributed by atoms with Crippen LogP contribution in [0.15, 0.2) is 46.9 Å². The molecule has 1 aliphatic heterocycles. The Morgan fingerprint density at radius 1 is 1.23 bits per heavy atom. The minimum Gasteiger partial charge on any atom is -0.371 e. The Kier molecular flexibility index (Phi) is 6.54. The molecular weight excluding hydrogens is 406 g/mol. The van der Waals surface area contributed by atoms with E-state index >= 15 is 0 Å². The second-order valence-electron chi connectivity index (χ2n) is 7.13. The van der Waals surface area contributed by atoms with Gasteiger partial charge in [0, 0.05) is 35.5 Å². The summed E-state index contributed by atoms with van der Waals surface area (Å²) in [6.07, 6.45) is 2.64. The molecule has 2 aromatic carbocycles. The monoisotopic (exact) mass is 431 g/mol. The molecular formula is C21H26BrN3S. The average molecular weight is 432 g/mol. The summed E-state index contributed by atoms with van der Waals surface area (Å²) in [5.41, 5.74) is 4.74. The third-order valence-corrected chi connectivity index (χ3v) is 5.96. The van der Waals surface area contributed by atoms with Crippen molar-refractivity contribution in [2.45, 2.75) is 33.2 Å². The highest BCUT2D eigenvalue weighted by molar-refractivity contribution is 9.10. The van der Waals surface area contributed by atoms with Crippen LogP contribution in [0.5, 0.6) is 0 Å². The Morgan fingerprint density at radius 3 is 2.69 bits per heavy atom. The van der Waals surface area contributed by atoms with Gasteiger partial charge in [-0.15, -0.1) is 0 Å². The van der Waals surface area contributed by atoms with Gasteiger partial charge < -0.3 is 15.5 Å². The lowest BCUT2D eigenvalue weighted by molar-refractivity contribution is 0.447. The number of benzene rings is 2. The van der Waals surface area contributed by atoms with Crippen LogP contribution in [0, 0.1) is 12.8 Å². The number of piperidine rings is 1. The lowest BCUT2D eigenvalue weighted by atomic mass is 9.99. The highest BCUT2D eigenvalue weighted by Gasteiger charge is 2.16. The van der Waals surface area contributed by atoms with Crippen LogP contribution in [-0.4, -0.2) is 18.2 Å². The lowest BCUT2D eigenvalue weighted by Crippen LogP contribution is -2.34. The van der Waals surface area contributed by atoms with Crippen molar-refractivity contribution in [3.8, 4) is 0 Å². The van der Waals surface area contributed by atoms with Crippen molar-refractivity contribution in [2.75, 3.05) is 23.3 Å². The third kappa shape index (κ3) is 5.21. The molecule has 0 bridgehead atoms. The van der Waals surface area contributed by atoms with Gasteiger partial charge in [-0.05, 0) is 79.4 Å². The number of rotatable bonds is 4. The van der Waals surface area contributed by atoms with E-state index in [0.717, 1.165) is 29.2 Å². The van der Waals surface area contributed by atoms with E-state index in [1.807, 2.05) is 12.1 Å². The van der Waals surface area contributed by atoms with Gasteiger partial charge in [-0.25, -0.2) is 0 Å². The molecule has 1 fully saturated rings. The summed E-state index contributed by atoms with van der Waals surface area (Å²) in [6.45, 7) is 7.46. The fourth-order valence-electron chi connectivity index (χ4n) is 3.33. The predicted octanol–water partition coefficient (Wildman–Crippen LogP) is 5.48. The van der Waals surface area contributed by atoms with Gasteiger partial charge in [0.25, 0.3) is 0 Å². The third-order valence-electron chi connectivity index (χ3n) is 4.83. The molecule has 138 valence electrons. The Morgan fingerprint density at radius 2 is 2.00 bits per heavy atom. The van der Waals surface area contributed by atoms with Gasteiger partial charge >= 0.3 is 0 Å². The van der Waals surface area contributed by atoms with Crippen molar-refractivity contribution in [3.05, 3.63) is 58.1 Å². The van der Waals surface area contributed by atoms with Crippen LogP contribution in [-0.2, 0) is 6.54 Å². The van der Waals surface area contributed by atoms with E-state index < -0.39 is 0 Å². The standard InChI is InChI=1S/C21H26BrN3S/c1-15-4-3-11-25(14-15)19-8-5-17(6-9-19)13-23-21(26)24-18-7-10-20(22)16(2)12-18/h5-10,12,15H,3-4,11,13-14H2,1-2H3,(H2,23,24,26)/t15-/m1/s1. The van der Waals surface area contributed by atoms with Crippen molar-refractivity contribution in [1.29, 1.82) is 0 Å². The minimum absolute atomic E-state index is 0.639. The summed E-state index contributed by atoms with van der Waals surface area (Å²) in [5.74, 6) is 0.788. The highest BCUT2D eigenvalue weighted by atomic mass is 79.9. The molecule has 5 heteroatoms. The number of hydrogen-bond acceptors (Lipinski definition) is 2. The van der Waals surface area contributed by atoms with Crippen LogP contribution >= 0.6 is 28.1 Å². The molecule has 0 aromatic heterocycles. The van der Waals surface area contributed by atoms with Gasteiger partial charge in [-0.1, -0.05) is 35.0 Å². The Bertz CT molecular complexity index is 760. The van der Waals surface area contributed by atoms with Crippen LogP contribution in [0.2, 0.25) is 0 Å². The number of nitrogens with zero attached hydrogens (tertiary/aromatic N) is 1. The second kappa shape index (κ2) is 8.87. The molecule has 0 unspecified atom stereocenters. The summed E-state index contributed by atoms with van der Waals surface area (Å²) >= 11 is 8.93. The summed E-state index contributed by atoms with van der Waals surface area (Å²) < 4.78 is 1.10. The Hall–Kier alpha value is -1.59. The minimum atomic E-state index is 0.639. The molecule has 26 heavy (non-hydrogen) atoms. The van der Waals surface area contributed by atoms with E-state index in [0.29, 0.717) is 5.11 Å². The fourth-order valence-corrected chi connectivity index (χ4v) is 3.77. The molecule has 3 nitrogen and oxygen atoms in total. The zero-order valence-corrected chi connectivity index (χ0v) is 17.8. The molecule has 0 saturated carbocycles. The van der Waals surface area contributed by atoms with Crippen molar-refractivity contribution in [2.24, 2.45) is 5.92 Å². The SMILES string of the molecule is Cc1cc(NC(=S)NCc2ccc(N3CCC[C@@H](C)C3)cc2)ccc1Br. The molecule has 2 N–H and O–H groups in total. The Balaban J connectivity index is 1.51. The van der Waals surface area contributed by atoms with Gasteiger partial charge in [-0.3, -0.25) is 0 Å². The second-order valence-corrected chi connectivity index (χ2v) is 8.39. The van der Waals surface area contributed by atoms with Crippen LogP contribution in [0.25, 0.3) is 0 Å². The van der Waals surface area contributed by atoms with Crippen molar-refractivity contribution >= 4 is 44.6 Å². The molecule has 3 rings (SSSR count). The number of anilines is 2. The summed E-state index contributed by atoms with van der Waals surface area (Å²) in [7, 11) is 0. The van der Waals surface area contributed by atoms with E-state index in [1.165, 1.54) is 36.2 Å². The molecule has 0 spiro atoms. The lowest BCUT2D eigenvalue weighted by Gasteiger charge is -2.32. The summed E-state index contributed by atoms with van der Waals surface area (Å²) in [4.78, 5) is 2.49. The van der Waals surface area contributed by atoms with Gasteiger partial charge in [0.15, 0.2) is 5.11 Å². The predicted molar refractivity (Wildman–Crippen MR) is 119 cm³/mol. The topological polar surface area (TPSA) is 27.3 Å². The van der Waals surface area contributed by atoms with E-state index in [2.05, 4.69) is 75.6 Å². The van der Waals surface area contributed by atoms with Gasteiger partial charge in [0.2, 0.25) is 0 Å². The quantitative estimate of drug-likeness (QED) is 0.626. The van der Waals surface area contributed by atoms with Gasteiger partial charge in [0.05, 0.1) is 0 Å². The van der Waals surface area contributed by atoms with Crippen LogP contribution in [0.4, 0.5) is 11.4 Å². The zero-order valence-electron chi connectivity index (χ0n) is 15.4. The maximum absolute atomic E-state index is 5.41. The molecule has 0 aliphatic carbocycles. The largest absolute Gasteiger partial charge is 0.371 e. The molecule has 0 amide bonds. The molecule has 1 atom stereocenters. The van der Waals surface area contributed by atoms with E-state index in [9.17, 15) is 0 Å². The number of hydrogen-bond donors (Lipinski definition) is 2. The van der Waals surface area contributed by atoms with E-state index in [1.54, 1.807) is 0 Å². The molecule has 2 aromatic rings. The number of thiocarbonyl (C=S) groups is 1. The van der Waals surface area contributed by atoms with E-state index in [4.69, 9.17) is 12.2 Å². The average Bonchev–Trinajstić information content (AvgIpc) is 2.63. The van der Waals surface area contributed by atoms with Crippen molar-refractivity contribution in [1.82, 2.24) is 5.32 Å². The maximum Gasteiger partial charge on any atom is 0.171 e. The molecule has 1 saturated heterocycles. The first-order valence-electron chi connectivity index (χ1n) is 9.16. The Labute approximate surface area is 170 Å².